The number of rotatable bonds is 0. The van der Waals surface area contributed by atoms with Gasteiger partial charge in [-0.2, -0.15) is 0 Å². The molecule has 1 spiro atoms. The monoisotopic (exact) mass is 173 g/mol. The quantitative estimate of drug-likeness (QED) is 0.432. The summed E-state index contributed by atoms with van der Waals surface area (Å²) in [5.74, 6) is 0.970. The van der Waals surface area contributed by atoms with E-state index in [4.69, 9.17) is 0 Å². The molecular weight excluding hydrogens is 162 g/mol. The SMILES string of the molecule is O=C1CC2(N1)[C@H]1C=CC=C[C@H]2C=C1. The lowest BCUT2D eigenvalue weighted by Crippen LogP contribution is -2.65. The molecule has 0 saturated carbocycles. The lowest BCUT2D eigenvalue weighted by atomic mass is 9.72. The molecule has 0 aromatic carbocycles. The summed E-state index contributed by atoms with van der Waals surface area (Å²) in [5, 5.41) is 3.06. The molecule has 1 heterocycles. The summed E-state index contributed by atoms with van der Waals surface area (Å²) in [6, 6.07) is 0. The largest absolute Gasteiger partial charge is 0.348 e. The van der Waals surface area contributed by atoms with E-state index in [2.05, 4.69) is 41.8 Å². The Morgan fingerprint density at radius 2 is 1.69 bits per heavy atom. The van der Waals surface area contributed by atoms with E-state index in [1.54, 1.807) is 0 Å². The van der Waals surface area contributed by atoms with Gasteiger partial charge in [-0.3, -0.25) is 4.79 Å². The fourth-order valence-electron chi connectivity index (χ4n) is 2.55. The van der Waals surface area contributed by atoms with Gasteiger partial charge in [0.05, 0.1) is 12.0 Å². The summed E-state index contributed by atoms with van der Waals surface area (Å²) < 4.78 is 0. The third kappa shape index (κ3) is 0.755. The van der Waals surface area contributed by atoms with Crippen LogP contribution >= 0.6 is 0 Å². The van der Waals surface area contributed by atoms with Crippen LogP contribution in [0.15, 0.2) is 36.5 Å². The van der Waals surface area contributed by atoms with Gasteiger partial charge in [0.25, 0.3) is 0 Å². The molecule has 0 unspecified atom stereocenters. The zero-order chi connectivity index (χ0) is 8.89. The van der Waals surface area contributed by atoms with Gasteiger partial charge < -0.3 is 5.32 Å². The highest BCUT2D eigenvalue weighted by Gasteiger charge is 2.53. The van der Waals surface area contributed by atoms with E-state index in [1.165, 1.54) is 0 Å². The van der Waals surface area contributed by atoms with E-state index in [9.17, 15) is 4.79 Å². The molecule has 0 radical (unpaired) electrons. The van der Waals surface area contributed by atoms with Gasteiger partial charge in [-0.15, -0.1) is 0 Å². The van der Waals surface area contributed by atoms with Crippen LogP contribution in [-0.2, 0) is 4.79 Å². The predicted molar refractivity (Wildman–Crippen MR) is 49.9 cm³/mol. The molecule has 1 aliphatic heterocycles. The van der Waals surface area contributed by atoms with Crippen molar-refractivity contribution in [3.05, 3.63) is 36.5 Å². The molecule has 66 valence electrons. The number of nitrogens with one attached hydrogen (secondary N) is 1. The first kappa shape index (κ1) is 7.13. The number of hydrogen-bond donors (Lipinski definition) is 1. The van der Waals surface area contributed by atoms with Crippen molar-refractivity contribution in [2.24, 2.45) is 11.8 Å². The standard InChI is InChI=1S/C11H11NO/c13-10-7-11(12-10)8-3-1-2-4-9(11)6-5-8/h1-6,8-9H,7H2,(H,12,13)/t8-,9-/m0/s1. The maximum Gasteiger partial charge on any atom is 0.222 e. The van der Waals surface area contributed by atoms with Crippen molar-refractivity contribution < 1.29 is 4.79 Å². The highest BCUT2D eigenvalue weighted by atomic mass is 16.2. The first-order chi connectivity index (χ1) is 6.31. The lowest BCUT2D eigenvalue weighted by Gasteiger charge is -2.46. The molecule has 0 aromatic heterocycles. The van der Waals surface area contributed by atoms with Crippen LogP contribution in [0.3, 0.4) is 0 Å². The summed E-state index contributed by atoms with van der Waals surface area (Å²) in [6.45, 7) is 0. The van der Waals surface area contributed by atoms with Crippen molar-refractivity contribution in [3.8, 4) is 0 Å². The van der Waals surface area contributed by atoms with E-state index in [1.807, 2.05) is 0 Å². The predicted octanol–water partition coefficient (Wildman–Crippen LogP) is 1.17. The molecule has 3 aliphatic rings. The van der Waals surface area contributed by atoms with Gasteiger partial charge in [-0.05, 0) is 0 Å². The third-order valence-corrected chi connectivity index (χ3v) is 3.29. The fraction of sp³-hybridized carbons (Fsp3) is 0.364. The molecule has 2 heteroatoms. The number of carbonyl (C=O) groups is 1. The summed E-state index contributed by atoms with van der Waals surface area (Å²) in [6.07, 6.45) is 13.5. The Morgan fingerprint density at radius 1 is 1.15 bits per heavy atom. The van der Waals surface area contributed by atoms with Gasteiger partial charge in [0.2, 0.25) is 5.91 Å². The Labute approximate surface area is 77.0 Å². The van der Waals surface area contributed by atoms with Crippen molar-refractivity contribution in [2.75, 3.05) is 0 Å². The average molecular weight is 173 g/mol. The zero-order valence-corrected chi connectivity index (χ0v) is 7.23. The Kier molecular flexibility index (Phi) is 1.17. The van der Waals surface area contributed by atoms with Crippen molar-refractivity contribution in [1.82, 2.24) is 5.32 Å². The van der Waals surface area contributed by atoms with Gasteiger partial charge in [0.15, 0.2) is 0 Å². The van der Waals surface area contributed by atoms with Gasteiger partial charge in [0.1, 0.15) is 0 Å². The van der Waals surface area contributed by atoms with Gasteiger partial charge in [-0.25, -0.2) is 0 Å². The number of β-lactam (4-membered cyclic amide) rings is 1. The Morgan fingerprint density at radius 3 is 2.15 bits per heavy atom. The molecule has 0 aromatic rings. The van der Waals surface area contributed by atoms with Gasteiger partial charge in [-0.1, -0.05) is 36.5 Å². The molecule has 2 atom stereocenters. The molecule has 3 rings (SSSR count). The first-order valence-corrected chi connectivity index (χ1v) is 4.66. The highest BCUT2D eigenvalue weighted by Crippen LogP contribution is 2.44. The van der Waals surface area contributed by atoms with Crippen molar-refractivity contribution in [3.63, 3.8) is 0 Å². The molecule has 1 saturated heterocycles. The fourth-order valence-corrected chi connectivity index (χ4v) is 2.55. The topological polar surface area (TPSA) is 29.1 Å². The molecular formula is C11H11NO. The number of amides is 1. The molecule has 1 amide bonds. The van der Waals surface area contributed by atoms with E-state index in [0.717, 1.165) is 0 Å². The van der Waals surface area contributed by atoms with Crippen molar-refractivity contribution in [1.29, 1.82) is 0 Å². The summed E-state index contributed by atoms with van der Waals surface area (Å²) in [7, 11) is 0. The molecule has 13 heavy (non-hydrogen) atoms. The number of hydrogen-bond acceptors (Lipinski definition) is 1. The van der Waals surface area contributed by atoms with Crippen LogP contribution in [0.5, 0.6) is 0 Å². The van der Waals surface area contributed by atoms with Crippen molar-refractivity contribution in [2.45, 2.75) is 12.0 Å². The molecule has 2 aliphatic carbocycles. The second kappa shape index (κ2) is 2.13. The summed E-state index contributed by atoms with van der Waals surface area (Å²) in [4.78, 5) is 11.0. The first-order valence-electron chi connectivity index (χ1n) is 4.66. The smallest absolute Gasteiger partial charge is 0.222 e. The van der Waals surface area contributed by atoms with E-state index in [-0.39, 0.29) is 11.4 Å². The number of allylic oxidation sites excluding steroid dienone is 2. The van der Waals surface area contributed by atoms with Crippen molar-refractivity contribution >= 4 is 5.91 Å². The minimum Gasteiger partial charge on any atom is -0.348 e. The number of carbonyl (C=O) groups excluding carboxylic acids is 1. The summed E-state index contributed by atoms with van der Waals surface area (Å²) >= 11 is 0. The van der Waals surface area contributed by atoms with E-state index >= 15 is 0 Å². The molecule has 2 bridgehead atoms. The molecule has 1 N–H and O–H groups in total. The maximum atomic E-state index is 11.0. The Bertz CT molecular complexity index is 319. The lowest BCUT2D eigenvalue weighted by molar-refractivity contribution is -0.134. The van der Waals surface area contributed by atoms with Crippen LogP contribution in [0.2, 0.25) is 0 Å². The second-order valence-electron chi connectivity index (χ2n) is 3.97. The average Bonchev–Trinajstić information content (AvgIpc) is 2.21. The van der Waals surface area contributed by atoms with Crippen LogP contribution in [0.4, 0.5) is 0 Å². The zero-order valence-electron chi connectivity index (χ0n) is 7.23. The van der Waals surface area contributed by atoms with Gasteiger partial charge >= 0.3 is 0 Å². The molecule has 1 fully saturated rings. The van der Waals surface area contributed by atoms with Crippen LogP contribution in [0.1, 0.15) is 6.42 Å². The van der Waals surface area contributed by atoms with E-state index < -0.39 is 0 Å². The van der Waals surface area contributed by atoms with Gasteiger partial charge in [0, 0.05) is 11.8 Å². The summed E-state index contributed by atoms with van der Waals surface area (Å²) in [5.41, 5.74) is 0.000579. The Hall–Kier alpha value is -1.31. The van der Waals surface area contributed by atoms with E-state index in [0.29, 0.717) is 18.3 Å². The normalized spacial score (nSPS) is 44.8. The Balaban J connectivity index is 2.03. The minimum absolute atomic E-state index is 0.000579. The third-order valence-electron chi connectivity index (χ3n) is 3.29. The highest BCUT2D eigenvalue weighted by molar-refractivity contribution is 5.86. The van der Waals surface area contributed by atoms with Crippen LogP contribution in [0, 0.1) is 11.8 Å². The van der Waals surface area contributed by atoms with Crippen LogP contribution in [0.25, 0.3) is 0 Å². The molecule has 2 nitrogen and oxygen atoms in total. The second-order valence-corrected chi connectivity index (χ2v) is 3.97. The van der Waals surface area contributed by atoms with Crippen LogP contribution in [-0.4, -0.2) is 11.4 Å². The minimum atomic E-state index is 0.000579. The maximum absolute atomic E-state index is 11.0. The van der Waals surface area contributed by atoms with Crippen LogP contribution < -0.4 is 5.32 Å².